The van der Waals surface area contributed by atoms with Crippen molar-refractivity contribution in [3.63, 3.8) is 0 Å². The Morgan fingerprint density at radius 1 is 1.19 bits per heavy atom. The molecule has 0 fully saturated rings. The van der Waals surface area contributed by atoms with E-state index in [1.165, 1.54) is 0 Å². The molecule has 3 rings (SSSR count). The van der Waals surface area contributed by atoms with Crippen molar-refractivity contribution in [2.45, 2.75) is 32.7 Å². The number of guanidine groups is 1. The van der Waals surface area contributed by atoms with Crippen molar-refractivity contribution >= 4 is 33.7 Å². The number of nitrogens with two attached hydrogens (primary N) is 3. The third-order valence-electron chi connectivity index (χ3n) is 4.43. The molecule has 0 atom stereocenters. The molecule has 1 aromatic carbocycles. The number of ether oxygens (including phenoxy) is 1. The number of rotatable bonds is 9. The van der Waals surface area contributed by atoms with Crippen molar-refractivity contribution in [2.24, 2.45) is 16.5 Å². The predicted molar refractivity (Wildman–Crippen MR) is 110 cm³/mol. The summed E-state index contributed by atoms with van der Waals surface area (Å²) in [4.78, 5) is 13.2. The molecule has 0 amide bonds. The molecule has 0 radical (unpaired) electrons. The summed E-state index contributed by atoms with van der Waals surface area (Å²) in [5, 5.41) is 1.05. The van der Waals surface area contributed by atoms with Gasteiger partial charge in [-0.1, -0.05) is 31.5 Å². The van der Waals surface area contributed by atoms with Crippen LogP contribution < -0.4 is 17.2 Å². The van der Waals surface area contributed by atoms with Crippen LogP contribution in [0.4, 0.5) is 5.82 Å². The first-order valence-electron chi connectivity index (χ1n) is 9.28. The summed E-state index contributed by atoms with van der Waals surface area (Å²) in [5.74, 6) is 1.56. The van der Waals surface area contributed by atoms with Crippen LogP contribution in [0.3, 0.4) is 0 Å². The third-order valence-corrected chi connectivity index (χ3v) is 4.43. The average Bonchev–Trinajstić information content (AvgIpc) is 3.02. The highest BCUT2D eigenvalue weighted by atomic mass is 16.5. The number of anilines is 1. The van der Waals surface area contributed by atoms with E-state index in [0.717, 1.165) is 47.0 Å². The van der Waals surface area contributed by atoms with Crippen LogP contribution in [0.5, 0.6) is 0 Å². The van der Waals surface area contributed by atoms with Gasteiger partial charge >= 0.3 is 0 Å². The number of aromatic nitrogens is 3. The quantitative estimate of drug-likeness (QED) is 0.299. The fraction of sp³-hybridized carbons (Fsp3) is 0.421. The van der Waals surface area contributed by atoms with E-state index in [1.807, 2.05) is 18.2 Å². The molecule has 8 heteroatoms. The van der Waals surface area contributed by atoms with Crippen molar-refractivity contribution in [1.82, 2.24) is 14.5 Å². The Labute approximate surface area is 158 Å². The minimum Gasteiger partial charge on any atom is -0.382 e. The van der Waals surface area contributed by atoms with Gasteiger partial charge in [0.25, 0.3) is 0 Å². The van der Waals surface area contributed by atoms with E-state index in [4.69, 9.17) is 26.9 Å². The van der Waals surface area contributed by atoms with Crippen LogP contribution in [-0.2, 0) is 17.7 Å². The van der Waals surface area contributed by atoms with E-state index in [0.29, 0.717) is 32.1 Å². The van der Waals surface area contributed by atoms with Crippen LogP contribution in [0.1, 0.15) is 25.6 Å². The molecule has 0 aliphatic carbocycles. The largest absolute Gasteiger partial charge is 0.382 e. The van der Waals surface area contributed by atoms with Gasteiger partial charge in [-0.15, -0.1) is 0 Å². The Balaban J connectivity index is 1.91. The second-order valence-electron chi connectivity index (χ2n) is 6.41. The molecule has 8 nitrogen and oxygen atoms in total. The van der Waals surface area contributed by atoms with Crippen molar-refractivity contribution in [2.75, 3.05) is 25.5 Å². The number of aliphatic imine (C=N–C) groups is 1. The predicted octanol–water partition coefficient (Wildman–Crippen LogP) is 1.80. The van der Waals surface area contributed by atoms with E-state index in [9.17, 15) is 0 Å². The molecule has 0 saturated carbocycles. The van der Waals surface area contributed by atoms with Gasteiger partial charge in [-0.25, -0.2) is 9.97 Å². The molecule has 2 aromatic heterocycles. The van der Waals surface area contributed by atoms with Gasteiger partial charge in [0.2, 0.25) is 0 Å². The number of hydrogen-bond donors (Lipinski definition) is 3. The zero-order valence-corrected chi connectivity index (χ0v) is 15.7. The van der Waals surface area contributed by atoms with Gasteiger partial charge in [0.15, 0.2) is 11.8 Å². The number of unbranched alkanes of at least 4 members (excludes halogenated alkanes) is 1. The Morgan fingerprint density at radius 3 is 2.78 bits per heavy atom. The number of nitrogens with zero attached hydrogens (tertiary/aromatic N) is 4. The van der Waals surface area contributed by atoms with Crippen LogP contribution in [0.15, 0.2) is 29.3 Å². The second kappa shape index (κ2) is 8.68. The maximum atomic E-state index is 6.20. The Kier molecular flexibility index (Phi) is 6.08. The lowest BCUT2D eigenvalue weighted by molar-refractivity contribution is 0.133. The number of para-hydroxylation sites is 1. The first-order valence-corrected chi connectivity index (χ1v) is 9.28. The van der Waals surface area contributed by atoms with E-state index < -0.39 is 0 Å². The third kappa shape index (κ3) is 4.28. The van der Waals surface area contributed by atoms with Gasteiger partial charge in [0.05, 0.1) is 30.8 Å². The Bertz CT molecular complexity index is 944. The number of nitrogen functional groups attached to an aromatic ring is 1. The van der Waals surface area contributed by atoms with Crippen molar-refractivity contribution in [3.05, 3.63) is 30.1 Å². The van der Waals surface area contributed by atoms with Gasteiger partial charge in [0.1, 0.15) is 11.3 Å². The van der Waals surface area contributed by atoms with Gasteiger partial charge in [-0.2, -0.15) is 0 Å². The average molecular weight is 369 g/mol. The summed E-state index contributed by atoms with van der Waals surface area (Å²) < 4.78 is 7.91. The Morgan fingerprint density at radius 2 is 2.00 bits per heavy atom. The van der Waals surface area contributed by atoms with Gasteiger partial charge in [0, 0.05) is 18.4 Å². The van der Waals surface area contributed by atoms with Crippen molar-refractivity contribution in [1.29, 1.82) is 0 Å². The molecular weight excluding hydrogens is 342 g/mol. The highest BCUT2D eigenvalue weighted by molar-refractivity contribution is 6.06. The molecule has 2 heterocycles. The summed E-state index contributed by atoms with van der Waals surface area (Å²) in [5.41, 5.74) is 19.5. The van der Waals surface area contributed by atoms with Gasteiger partial charge in [-0.3, -0.25) is 4.99 Å². The fourth-order valence-corrected chi connectivity index (χ4v) is 3.17. The molecule has 6 N–H and O–H groups in total. The minimum atomic E-state index is 0.0792. The van der Waals surface area contributed by atoms with E-state index in [-0.39, 0.29) is 5.96 Å². The van der Waals surface area contributed by atoms with E-state index >= 15 is 0 Å². The number of imidazole rings is 1. The lowest BCUT2D eigenvalue weighted by atomic mass is 10.2. The number of pyridine rings is 1. The van der Waals surface area contributed by atoms with Gasteiger partial charge in [-0.05, 0) is 12.5 Å². The molecule has 0 bridgehead atoms. The molecule has 0 aliphatic heterocycles. The molecule has 0 spiro atoms. The molecule has 144 valence electrons. The lowest BCUT2D eigenvalue weighted by Gasteiger charge is -2.11. The summed E-state index contributed by atoms with van der Waals surface area (Å²) >= 11 is 0. The number of hydrogen-bond acceptors (Lipinski definition) is 5. The minimum absolute atomic E-state index is 0.0792. The first-order chi connectivity index (χ1) is 13.1. The molecule has 27 heavy (non-hydrogen) atoms. The Hall–Kier alpha value is -2.87. The number of fused-ring (bicyclic) bond motifs is 3. The smallest absolute Gasteiger partial charge is 0.185 e. The normalized spacial score (nSPS) is 11.3. The number of benzene rings is 1. The molecular formula is C19H27N7O. The first kappa shape index (κ1) is 18.9. The fourth-order valence-electron chi connectivity index (χ4n) is 3.17. The maximum Gasteiger partial charge on any atom is 0.185 e. The second-order valence-corrected chi connectivity index (χ2v) is 6.41. The van der Waals surface area contributed by atoms with E-state index in [2.05, 4.69) is 27.5 Å². The van der Waals surface area contributed by atoms with Crippen molar-refractivity contribution in [3.8, 4) is 0 Å². The van der Waals surface area contributed by atoms with Crippen LogP contribution in [0.25, 0.3) is 21.9 Å². The highest BCUT2D eigenvalue weighted by Gasteiger charge is 2.16. The van der Waals surface area contributed by atoms with E-state index in [1.54, 1.807) is 0 Å². The highest BCUT2D eigenvalue weighted by Crippen LogP contribution is 2.29. The standard InChI is InChI=1S/C19H27N7O/c1-2-3-8-15-25-16-17(13-6-4-5-7-14(13)24-18(16)20)26(15)10-12-27-11-9-23-19(21)22/h4-7H,2-3,8-12H2,1H3,(H2,20,24)(H4,21,22,23). The summed E-state index contributed by atoms with van der Waals surface area (Å²) in [7, 11) is 0. The summed E-state index contributed by atoms with van der Waals surface area (Å²) in [6.45, 7) is 4.33. The summed E-state index contributed by atoms with van der Waals surface area (Å²) in [6, 6.07) is 8.01. The maximum absolute atomic E-state index is 6.20. The zero-order chi connectivity index (χ0) is 19.2. The molecule has 3 aromatic rings. The zero-order valence-electron chi connectivity index (χ0n) is 15.7. The monoisotopic (exact) mass is 369 g/mol. The topological polar surface area (TPSA) is 130 Å². The lowest BCUT2D eigenvalue weighted by Crippen LogP contribution is -2.23. The van der Waals surface area contributed by atoms with Crippen LogP contribution in [0, 0.1) is 0 Å². The van der Waals surface area contributed by atoms with Crippen LogP contribution in [0.2, 0.25) is 0 Å². The molecule has 0 saturated heterocycles. The van der Waals surface area contributed by atoms with Gasteiger partial charge < -0.3 is 26.5 Å². The SMILES string of the molecule is CCCCc1nc2c(N)nc3ccccc3c2n1CCOCCN=C(N)N. The summed E-state index contributed by atoms with van der Waals surface area (Å²) in [6.07, 6.45) is 3.07. The van der Waals surface area contributed by atoms with Crippen LogP contribution in [-0.4, -0.2) is 40.3 Å². The number of aryl methyl sites for hydroxylation is 1. The molecule has 0 unspecified atom stereocenters. The van der Waals surface area contributed by atoms with Crippen molar-refractivity contribution < 1.29 is 4.74 Å². The molecule has 0 aliphatic rings. The van der Waals surface area contributed by atoms with Crippen LogP contribution >= 0.6 is 0 Å².